The summed E-state index contributed by atoms with van der Waals surface area (Å²) in [6, 6.07) is 10.6. The molecule has 108 valence electrons. The van der Waals surface area contributed by atoms with Crippen LogP contribution in [-0.2, 0) is 0 Å². The predicted molar refractivity (Wildman–Crippen MR) is 85.2 cm³/mol. The Labute approximate surface area is 121 Å². The first kappa shape index (κ1) is 14.9. The molecule has 1 heterocycles. The molecule has 3 heteroatoms. The van der Waals surface area contributed by atoms with E-state index in [2.05, 4.69) is 55.4 Å². The largest absolute Gasteiger partial charge is 0.271 e. The Bertz CT molecular complexity index is 584. The number of nitrogens with one attached hydrogen (secondary N) is 1. The number of rotatable bonds is 4. The molecular formula is C17H25N3. The Balaban J connectivity index is 2.38. The van der Waals surface area contributed by atoms with Gasteiger partial charge in [0.2, 0.25) is 0 Å². The Kier molecular flexibility index (Phi) is 4.41. The topological polar surface area (TPSA) is 50.9 Å². The first-order valence-electron chi connectivity index (χ1n) is 7.23. The molecule has 0 spiro atoms. The van der Waals surface area contributed by atoms with Gasteiger partial charge in [0.1, 0.15) is 0 Å². The molecule has 20 heavy (non-hydrogen) atoms. The number of hydrogen-bond donors (Lipinski definition) is 2. The lowest BCUT2D eigenvalue weighted by atomic mass is 9.86. The number of nitrogens with zero attached hydrogens (tertiary/aromatic N) is 1. The highest BCUT2D eigenvalue weighted by Crippen LogP contribution is 2.30. The lowest BCUT2D eigenvalue weighted by Crippen LogP contribution is -2.29. The van der Waals surface area contributed by atoms with Gasteiger partial charge in [-0.05, 0) is 42.9 Å². The van der Waals surface area contributed by atoms with E-state index in [1.165, 1.54) is 10.9 Å². The number of aryl methyl sites for hydroxylation is 1. The molecule has 2 rings (SSSR count). The van der Waals surface area contributed by atoms with Crippen molar-refractivity contribution in [3.63, 3.8) is 0 Å². The van der Waals surface area contributed by atoms with Crippen molar-refractivity contribution < 1.29 is 0 Å². The lowest BCUT2D eigenvalue weighted by Gasteiger charge is -2.24. The van der Waals surface area contributed by atoms with E-state index < -0.39 is 0 Å². The maximum absolute atomic E-state index is 5.80. The SMILES string of the molecule is Cc1cc(C(CCC(C)(C)C)NN)c2ccccc2n1. The summed E-state index contributed by atoms with van der Waals surface area (Å²) in [5.41, 5.74) is 6.62. The van der Waals surface area contributed by atoms with E-state index in [0.717, 1.165) is 24.1 Å². The van der Waals surface area contributed by atoms with E-state index in [1.807, 2.05) is 13.0 Å². The van der Waals surface area contributed by atoms with Gasteiger partial charge in [-0.1, -0.05) is 39.0 Å². The molecule has 3 nitrogen and oxygen atoms in total. The van der Waals surface area contributed by atoms with E-state index in [4.69, 9.17) is 5.84 Å². The summed E-state index contributed by atoms with van der Waals surface area (Å²) in [4.78, 5) is 4.59. The van der Waals surface area contributed by atoms with Crippen LogP contribution in [0.3, 0.4) is 0 Å². The van der Waals surface area contributed by atoms with Gasteiger partial charge in [0.25, 0.3) is 0 Å². The summed E-state index contributed by atoms with van der Waals surface area (Å²) in [7, 11) is 0. The van der Waals surface area contributed by atoms with Crippen LogP contribution in [-0.4, -0.2) is 4.98 Å². The molecule has 1 atom stereocenters. The number of hydrazine groups is 1. The average molecular weight is 271 g/mol. The fraction of sp³-hybridized carbons (Fsp3) is 0.471. The van der Waals surface area contributed by atoms with Gasteiger partial charge in [0.05, 0.1) is 5.52 Å². The van der Waals surface area contributed by atoms with Gasteiger partial charge in [-0.15, -0.1) is 0 Å². The van der Waals surface area contributed by atoms with Crippen LogP contribution in [0, 0.1) is 12.3 Å². The van der Waals surface area contributed by atoms with Crippen molar-refractivity contribution in [1.29, 1.82) is 0 Å². The summed E-state index contributed by atoms with van der Waals surface area (Å²) >= 11 is 0. The minimum absolute atomic E-state index is 0.167. The summed E-state index contributed by atoms with van der Waals surface area (Å²) in [5, 5.41) is 1.19. The second kappa shape index (κ2) is 5.90. The molecule has 0 saturated carbocycles. The van der Waals surface area contributed by atoms with Crippen molar-refractivity contribution in [1.82, 2.24) is 10.4 Å². The van der Waals surface area contributed by atoms with E-state index >= 15 is 0 Å². The van der Waals surface area contributed by atoms with Gasteiger partial charge >= 0.3 is 0 Å². The third-order valence-electron chi connectivity index (χ3n) is 3.64. The Morgan fingerprint density at radius 2 is 1.95 bits per heavy atom. The zero-order chi connectivity index (χ0) is 14.8. The number of para-hydroxylation sites is 1. The van der Waals surface area contributed by atoms with Crippen LogP contribution in [0.15, 0.2) is 30.3 Å². The van der Waals surface area contributed by atoms with E-state index in [1.54, 1.807) is 0 Å². The highest BCUT2D eigenvalue weighted by molar-refractivity contribution is 5.82. The standard InChI is InChI=1S/C17H25N3/c1-12-11-14(13-7-5-6-8-15(13)19-12)16(20-18)9-10-17(2,3)4/h5-8,11,16,20H,9-10,18H2,1-4H3. The number of benzene rings is 1. The van der Waals surface area contributed by atoms with Gasteiger partial charge in [0, 0.05) is 17.1 Å². The highest BCUT2D eigenvalue weighted by atomic mass is 15.2. The van der Waals surface area contributed by atoms with Crippen LogP contribution in [0.2, 0.25) is 0 Å². The molecule has 0 aliphatic heterocycles. The average Bonchev–Trinajstić information content (AvgIpc) is 2.37. The molecule has 0 aliphatic rings. The van der Waals surface area contributed by atoms with Crippen molar-refractivity contribution >= 4 is 10.9 Å². The molecule has 0 bridgehead atoms. The van der Waals surface area contributed by atoms with Crippen LogP contribution >= 0.6 is 0 Å². The van der Waals surface area contributed by atoms with Gasteiger partial charge < -0.3 is 0 Å². The van der Waals surface area contributed by atoms with Crippen LogP contribution in [0.4, 0.5) is 0 Å². The first-order chi connectivity index (χ1) is 9.40. The molecule has 1 aromatic carbocycles. The van der Waals surface area contributed by atoms with Crippen molar-refractivity contribution in [2.75, 3.05) is 0 Å². The minimum atomic E-state index is 0.167. The van der Waals surface area contributed by atoms with Crippen LogP contribution in [0.5, 0.6) is 0 Å². The molecule has 0 saturated heterocycles. The Morgan fingerprint density at radius 3 is 2.60 bits per heavy atom. The number of nitrogens with two attached hydrogens (primary N) is 1. The van der Waals surface area contributed by atoms with E-state index in [9.17, 15) is 0 Å². The minimum Gasteiger partial charge on any atom is -0.271 e. The fourth-order valence-electron chi connectivity index (χ4n) is 2.53. The molecule has 0 fully saturated rings. The lowest BCUT2D eigenvalue weighted by molar-refractivity contribution is 0.334. The van der Waals surface area contributed by atoms with Crippen molar-refractivity contribution in [2.45, 2.75) is 46.6 Å². The summed E-state index contributed by atoms with van der Waals surface area (Å²) < 4.78 is 0. The summed E-state index contributed by atoms with van der Waals surface area (Å²) in [6.07, 6.45) is 2.14. The van der Waals surface area contributed by atoms with Gasteiger partial charge in [0.15, 0.2) is 0 Å². The van der Waals surface area contributed by atoms with Crippen LogP contribution in [0.1, 0.15) is 50.9 Å². The summed E-state index contributed by atoms with van der Waals surface area (Å²) in [6.45, 7) is 8.82. The molecule has 0 aliphatic carbocycles. The maximum Gasteiger partial charge on any atom is 0.0708 e. The van der Waals surface area contributed by atoms with Gasteiger partial charge in [-0.3, -0.25) is 16.3 Å². The normalized spacial score (nSPS) is 13.7. The maximum atomic E-state index is 5.80. The Hall–Kier alpha value is -1.45. The number of hydrogen-bond acceptors (Lipinski definition) is 3. The zero-order valence-electron chi connectivity index (χ0n) is 12.9. The van der Waals surface area contributed by atoms with Crippen LogP contribution in [0.25, 0.3) is 10.9 Å². The molecule has 0 amide bonds. The third-order valence-corrected chi connectivity index (χ3v) is 3.64. The quantitative estimate of drug-likeness (QED) is 0.655. The highest BCUT2D eigenvalue weighted by Gasteiger charge is 2.18. The number of aromatic nitrogens is 1. The fourth-order valence-corrected chi connectivity index (χ4v) is 2.53. The predicted octanol–water partition coefficient (Wildman–Crippen LogP) is 3.87. The van der Waals surface area contributed by atoms with Crippen LogP contribution < -0.4 is 11.3 Å². The number of pyridine rings is 1. The van der Waals surface area contributed by atoms with Crippen molar-refractivity contribution in [3.8, 4) is 0 Å². The zero-order valence-corrected chi connectivity index (χ0v) is 12.9. The van der Waals surface area contributed by atoms with Crippen molar-refractivity contribution in [3.05, 3.63) is 41.6 Å². The summed E-state index contributed by atoms with van der Waals surface area (Å²) in [5.74, 6) is 5.80. The molecule has 1 unspecified atom stereocenters. The van der Waals surface area contributed by atoms with Gasteiger partial charge in [-0.25, -0.2) is 0 Å². The number of fused-ring (bicyclic) bond motifs is 1. The molecule has 1 aromatic heterocycles. The second-order valence-electron chi connectivity index (χ2n) is 6.69. The third kappa shape index (κ3) is 3.56. The van der Waals surface area contributed by atoms with E-state index in [0.29, 0.717) is 5.41 Å². The Morgan fingerprint density at radius 1 is 1.25 bits per heavy atom. The second-order valence-corrected chi connectivity index (χ2v) is 6.69. The van der Waals surface area contributed by atoms with E-state index in [-0.39, 0.29) is 6.04 Å². The molecular weight excluding hydrogens is 246 g/mol. The van der Waals surface area contributed by atoms with Crippen molar-refractivity contribution in [2.24, 2.45) is 11.3 Å². The monoisotopic (exact) mass is 271 g/mol. The molecule has 0 radical (unpaired) electrons. The molecule has 2 aromatic rings. The smallest absolute Gasteiger partial charge is 0.0708 e. The molecule has 3 N–H and O–H groups in total. The van der Waals surface area contributed by atoms with Gasteiger partial charge in [-0.2, -0.15) is 0 Å². The first-order valence-corrected chi connectivity index (χ1v) is 7.23.